The van der Waals surface area contributed by atoms with E-state index < -0.39 is 5.60 Å². The first-order chi connectivity index (χ1) is 17.0. The molecule has 1 amide bonds. The maximum atomic E-state index is 13.2. The Labute approximate surface area is 200 Å². The van der Waals surface area contributed by atoms with E-state index in [4.69, 9.17) is 0 Å². The molecule has 6 rings (SSSR count). The molecule has 4 heterocycles. The Morgan fingerprint density at radius 1 is 1.09 bits per heavy atom. The number of nitrogens with zero attached hydrogens (tertiary/aromatic N) is 7. The third kappa shape index (κ3) is 4.10. The van der Waals surface area contributed by atoms with Gasteiger partial charge in [-0.25, -0.2) is 19.6 Å². The lowest BCUT2D eigenvalue weighted by molar-refractivity contribution is -0.137. The van der Waals surface area contributed by atoms with E-state index in [-0.39, 0.29) is 23.9 Å². The zero-order valence-corrected chi connectivity index (χ0v) is 19.1. The fourth-order valence-electron chi connectivity index (χ4n) is 4.72. The first-order valence-corrected chi connectivity index (χ1v) is 11.8. The highest BCUT2D eigenvalue weighted by Crippen LogP contribution is 2.33. The number of fused-ring (bicyclic) bond motifs is 1. The highest BCUT2D eigenvalue weighted by Gasteiger charge is 2.39. The number of carbonyl (C=O) groups is 1. The van der Waals surface area contributed by atoms with Crippen LogP contribution in [0.1, 0.15) is 25.7 Å². The molecule has 178 valence electrons. The number of carbonyl (C=O) groups excluding carboxylic acids is 1. The molecule has 1 saturated heterocycles. The van der Waals surface area contributed by atoms with Crippen LogP contribution in [-0.4, -0.2) is 63.9 Å². The van der Waals surface area contributed by atoms with Crippen molar-refractivity contribution in [3.8, 4) is 16.8 Å². The van der Waals surface area contributed by atoms with Crippen molar-refractivity contribution in [3.63, 3.8) is 0 Å². The minimum absolute atomic E-state index is 0.134. The van der Waals surface area contributed by atoms with Gasteiger partial charge >= 0.3 is 0 Å². The first kappa shape index (κ1) is 21.6. The van der Waals surface area contributed by atoms with E-state index in [0.717, 1.165) is 29.7 Å². The first-order valence-electron chi connectivity index (χ1n) is 11.8. The van der Waals surface area contributed by atoms with Crippen LogP contribution in [0.4, 0.5) is 0 Å². The lowest BCUT2D eigenvalue weighted by Crippen LogP contribution is -2.50. The maximum absolute atomic E-state index is 13.2. The average molecular weight is 472 g/mol. The van der Waals surface area contributed by atoms with Crippen molar-refractivity contribution in [1.29, 1.82) is 0 Å². The van der Waals surface area contributed by atoms with Crippen molar-refractivity contribution in [2.45, 2.75) is 37.8 Å². The molecule has 0 bridgehead atoms. The fraction of sp³-hybridized carbons (Fsp3) is 0.360. The Morgan fingerprint density at radius 3 is 2.60 bits per heavy atom. The van der Waals surface area contributed by atoms with Gasteiger partial charge in [0.25, 0.3) is 5.56 Å². The summed E-state index contributed by atoms with van der Waals surface area (Å²) in [5.74, 6) is 0.372. The molecular weight excluding hydrogens is 446 g/mol. The molecule has 1 aromatic carbocycles. The maximum Gasteiger partial charge on any atom is 0.264 e. The Hall–Kier alpha value is -3.92. The summed E-state index contributed by atoms with van der Waals surface area (Å²) in [6.07, 6.45) is 10.8. The largest absolute Gasteiger partial charge is 0.388 e. The van der Waals surface area contributed by atoms with Crippen molar-refractivity contribution in [1.82, 2.24) is 34.2 Å². The smallest absolute Gasteiger partial charge is 0.264 e. The summed E-state index contributed by atoms with van der Waals surface area (Å²) in [6, 6.07) is 7.70. The van der Waals surface area contributed by atoms with Gasteiger partial charge in [0.2, 0.25) is 5.91 Å². The van der Waals surface area contributed by atoms with Crippen molar-refractivity contribution in [3.05, 3.63) is 65.9 Å². The second-order valence-corrected chi connectivity index (χ2v) is 9.47. The number of likely N-dealkylation sites (tertiary alicyclic amines) is 1. The van der Waals surface area contributed by atoms with Gasteiger partial charge in [-0.1, -0.05) is 12.1 Å². The Kier molecular flexibility index (Phi) is 5.18. The quantitative estimate of drug-likeness (QED) is 0.471. The molecular formula is C25H25N7O3. The molecule has 2 aliphatic rings. The SMILES string of the molecule is O=C(C1CC1)N1CCC(O)(Cn2cnc3c(cnn3-c3cccc(-c4cncnc4)c3)c2=O)CC1. The van der Waals surface area contributed by atoms with Crippen LogP contribution < -0.4 is 5.56 Å². The average Bonchev–Trinajstić information content (AvgIpc) is 3.65. The van der Waals surface area contributed by atoms with E-state index >= 15 is 0 Å². The summed E-state index contributed by atoms with van der Waals surface area (Å²) in [5.41, 5.74) is 1.70. The van der Waals surface area contributed by atoms with E-state index in [1.807, 2.05) is 29.2 Å². The summed E-state index contributed by atoms with van der Waals surface area (Å²) < 4.78 is 3.08. The minimum Gasteiger partial charge on any atom is -0.388 e. The predicted octanol–water partition coefficient (Wildman–Crippen LogP) is 1.80. The number of aliphatic hydroxyl groups is 1. The topological polar surface area (TPSA) is 119 Å². The van der Waals surface area contributed by atoms with E-state index in [1.165, 1.54) is 23.4 Å². The van der Waals surface area contributed by atoms with E-state index in [1.54, 1.807) is 17.1 Å². The van der Waals surface area contributed by atoms with Gasteiger partial charge in [-0.3, -0.25) is 14.2 Å². The number of piperidine rings is 1. The van der Waals surface area contributed by atoms with Gasteiger partial charge in [0, 0.05) is 37.0 Å². The number of amides is 1. The fourth-order valence-corrected chi connectivity index (χ4v) is 4.72. The van der Waals surface area contributed by atoms with Crippen LogP contribution in [0.25, 0.3) is 27.8 Å². The van der Waals surface area contributed by atoms with Gasteiger partial charge in [0.05, 0.1) is 24.0 Å². The molecule has 35 heavy (non-hydrogen) atoms. The van der Waals surface area contributed by atoms with Crippen LogP contribution in [-0.2, 0) is 11.3 Å². The summed E-state index contributed by atoms with van der Waals surface area (Å²) in [4.78, 5) is 40.0. The Morgan fingerprint density at radius 2 is 1.86 bits per heavy atom. The molecule has 0 spiro atoms. The zero-order valence-electron chi connectivity index (χ0n) is 19.1. The second kappa shape index (κ2) is 8.38. The van der Waals surface area contributed by atoms with Gasteiger partial charge in [0.1, 0.15) is 18.0 Å². The van der Waals surface area contributed by atoms with E-state index in [2.05, 4.69) is 20.1 Å². The van der Waals surface area contributed by atoms with Gasteiger partial charge in [0.15, 0.2) is 5.65 Å². The van der Waals surface area contributed by atoms with Gasteiger partial charge in [-0.2, -0.15) is 5.10 Å². The Balaban J connectivity index is 1.24. The van der Waals surface area contributed by atoms with Gasteiger partial charge < -0.3 is 10.0 Å². The number of benzene rings is 1. The number of hydrogen-bond donors (Lipinski definition) is 1. The van der Waals surface area contributed by atoms with Crippen LogP contribution in [0, 0.1) is 5.92 Å². The number of aromatic nitrogens is 6. The van der Waals surface area contributed by atoms with Gasteiger partial charge in [-0.05, 0) is 43.4 Å². The summed E-state index contributed by atoms with van der Waals surface area (Å²) in [5, 5.41) is 15.9. The summed E-state index contributed by atoms with van der Waals surface area (Å²) in [7, 11) is 0. The second-order valence-electron chi connectivity index (χ2n) is 9.47. The molecule has 10 nitrogen and oxygen atoms in total. The van der Waals surface area contributed by atoms with Crippen LogP contribution in [0.5, 0.6) is 0 Å². The highest BCUT2D eigenvalue weighted by atomic mass is 16.3. The monoisotopic (exact) mass is 471 g/mol. The highest BCUT2D eigenvalue weighted by molar-refractivity contribution is 5.81. The minimum atomic E-state index is -1.05. The molecule has 1 N–H and O–H groups in total. The Bertz CT molecular complexity index is 1450. The van der Waals surface area contributed by atoms with Crippen molar-refractivity contribution < 1.29 is 9.90 Å². The van der Waals surface area contributed by atoms with Gasteiger partial charge in [-0.15, -0.1) is 0 Å². The predicted molar refractivity (Wildman–Crippen MR) is 128 cm³/mol. The molecule has 4 aromatic rings. The molecule has 2 fully saturated rings. The summed E-state index contributed by atoms with van der Waals surface area (Å²) >= 11 is 0. The third-order valence-corrected chi connectivity index (χ3v) is 6.94. The number of hydrogen-bond acceptors (Lipinski definition) is 7. The number of rotatable bonds is 5. The molecule has 1 saturated carbocycles. The van der Waals surface area contributed by atoms with E-state index in [0.29, 0.717) is 37.0 Å². The lowest BCUT2D eigenvalue weighted by atomic mass is 9.91. The van der Waals surface area contributed by atoms with Crippen LogP contribution in [0.3, 0.4) is 0 Å². The molecule has 1 aliphatic carbocycles. The van der Waals surface area contributed by atoms with Crippen molar-refractivity contribution in [2.75, 3.05) is 13.1 Å². The zero-order chi connectivity index (χ0) is 24.0. The molecule has 3 aromatic heterocycles. The molecule has 0 radical (unpaired) electrons. The standard InChI is InChI=1S/C25H25N7O3/c33-23(17-4-5-17)30-8-6-25(35,7-9-30)14-31-16-28-22-21(24(31)34)13-29-32(22)20-3-1-2-18(10-20)19-11-26-15-27-12-19/h1-3,10-13,15-17,35H,4-9,14H2. The molecule has 10 heteroatoms. The molecule has 0 unspecified atom stereocenters. The molecule has 0 atom stereocenters. The van der Waals surface area contributed by atoms with E-state index in [9.17, 15) is 14.7 Å². The van der Waals surface area contributed by atoms with Crippen molar-refractivity contribution in [2.24, 2.45) is 5.92 Å². The van der Waals surface area contributed by atoms with Crippen molar-refractivity contribution >= 4 is 16.9 Å². The normalized spacial score (nSPS) is 17.6. The lowest BCUT2D eigenvalue weighted by Gasteiger charge is -2.38. The van der Waals surface area contributed by atoms with Crippen LogP contribution in [0.15, 0.2) is 60.3 Å². The van der Waals surface area contributed by atoms with Crippen LogP contribution >= 0.6 is 0 Å². The molecule has 1 aliphatic heterocycles. The van der Waals surface area contributed by atoms with Crippen LogP contribution in [0.2, 0.25) is 0 Å². The third-order valence-electron chi connectivity index (χ3n) is 6.94. The summed E-state index contributed by atoms with van der Waals surface area (Å²) in [6.45, 7) is 1.16.